The SMILES string of the molecule is CC(=O)Nc1ccc(C)c(S(=O)(=O)N2CC[C@@H](N)C2)c1. The van der Waals surface area contributed by atoms with E-state index in [4.69, 9.17) is 5.73 Å². The van der Waals surface area contributed by atoms with E-state index in [0.29, 0.717) is 30.8 Å². The molecule has 7 heteroatoms. The Kier molecular flexibility index (Phi) is 4.12. The first-order valence-electron chi connectivity index (χ1n) is 6.44. The van der Waals surface area contributed by atoms with Gasteiger partial charge in [-0.1, -0.05) is 6.07 Å². The van der Waals surface area contributed by atoms with E-state index in [-0.39, 0.29) is 16.8 Å². The minimum atomic E-state index is -3.56. The summed E-state index contributed by atoms with van der Waals surface area (Å²) in [5, 5.41) is 2.60. The molecule has 0 bridgehead atoms. The summed E-state index contributed by atoms with van der Waals surface area (Å²) in [5.74, 6) is -0.236. The van der Waals surface area contributed by atoms with Gasteiger partial charge in [0.1, 0.15) is 0 Å². The van der Waals surface area contributed by atoms with Crippen molar-refractivity contribution in [1.82, 2.24) is 4.31 Å². The Morgan fingerprint density at radius 1 is 1.45 bits per heavy atom. The smallest absolute Gasteiger partial charge is 0.243 e. The Bertz CT molecular complexity index is 628. The second kappa shape index (κ2) is 5.51. The van der Waals surface area contributed by atoms with Crippen LogP contribution >= 0.6 is 0 Å². The fourth-order valence-corrected chi connectivity index (χ4v) is 4.03. The molecule has 1 atom stereocenters. The Morgan fingerprint density at radius 2 is 2.15 bits per heavy atom. The molecule has 1 fully saturated rings. The fourth-order valence-electron chi connectivity index (χ4n) is 2.27. The number of hydrogen-bond donors (Lipinski definition) is 2. The Hall–Kier alpha value is -1.44. The minimum Gasteiger partial charge on any atom is -0.326 e. The minimum absolute atomic E-state index is 0.108. The van der Waals surface area contributed by atoms with Gasteiger partial charge < -0.3 is 11.1 Å². The first-order valence-corrected chi connectivity index (χ1v) is 7.88. The highest BCUT2D eigenvalue weighted by atomic mass is 32.2. The molecule has 0 radical (unpaired) electrons. The number of rotatable bonds is 3. The Labute approximate surface area is 119 Å². The fraction of sp³-hybridized carbons (Fsp3) is 0.462. The highest BCUT2D eigenvalue weighted by Crippen LogP contribution is 2.26. The summed E-state index contributed by atoms with van der Waals surface area (Å²) >= 11 is 0. The molecular weight excluding hydrogens is 278 g/mol. The van der Waals surface area contributed by atoms with Gasteiger partial charge in [-0.05, 0) is 31.0 Å². The maximum Gasteiger partial charge on any atom is 0.243 e. The number of nitrogens with one attached hydrogen (secondary N) is 1. The molecular formula is C13H19N3O3S. The number of amides is 1. The summed E-state index contributed by atoms with van der Waals surface area (Å²) in [6, 6.07) is 4.76. The summed E-state index contributed by atoms with van der Waals surface area (Å²) in [4.78, 5) is 11.3. The number of aryl methyl sites for hydroxylation is 1. The van der Waals surface area contributed by atoms with Gasteiger partial charge in [-0.25, -0.2) is 8.42 Å². The average molecular weight is 297 g/mol. The maximum atomic E-state index is 12.6. The summed E-state index contributed by atoms with van der Waals surface area (Å²) in [6.45, 7) is 3.90. The molecule has 0 spiro atoms. The van der Waals surface area contributed by atoms with Crippen molar-refractivity contribution in [3.63, 3.8) is 0 Å². The highest BCUT2D eigenvalue weighted by molar-refractivity contribution is 7.89. The van der Waals surface area contributed by atoms with Gasteiger partial charge >= 0.3 is 0 Å². The molecule has 1 aromatic carbocycles. The van der Waals surface area contributed by atoms with Crippen molar-refractivity contribution in [3.8, 4) is 0 Å². The van der Waals surface area contributed by atoms with Gasteiger partial charge in [0.2, 0.25) is 15.9 Å². The zero-order valence-electron chi connectivity index (χ0n) is 11.6. The lowest BCUT2D eigenvalue weighted by Gasteiger charge is -2.18. The van der Waals surface area contributed by atoms with E-state index in [0.717, 1.165) is 0 Å². The third-order valence-electron chi connectivity index (χ3n) is 3.31. The first kappa shape index (κ1) is 15.0. The zero-order valence-corrected chi connectivity index (χ0v) is 12.4. The van der Waals surface area contributed by atoms with Crippen molar-refractivity contribution < 1.29 is 13.2 Å². The van der Waals surface area contributed by atoms with Crippen LogP contribution in [0.1, 0.15) is 18.9 Å². The van der Waals surface area contributed by atoms with Crippen LogP contribution in [0.25, 0.3) is 0 Å². The predicted octanol–water partition coefficient (Wildman–Crippen LogP) is 0.675. The molecule has 0 saturated carbocycles. The van der Waals surface area contributed by atoms with Crippen LogP contribution in [0.5, 0.6) is 0 Å². The molecule has 1 heterocycles. The van der Waals surface area contributed by atoms with Gasteiger partial charge in [-0.3, -0.25) is 4.79 Å². The summed E-state index contributed by atoms with van der Waals surface area (Å²) < 4.78 is 26.6. The molecule has 0 unspecified atom stereocenters. The summed E-state index contributed by atoms with van der Waals surface area (Å²) in [6.07, 6.45) is 0.670. The highest BCUT2D eigenvalue weighted by Gasteiger charge is 2.32. The molecule has 20 heavy (non-hydrogen) atoms. The number of hydrogen-bond acceptors (Lipinski definition) is 4. The van der Waals surface area contributed by atoms with E-state index in [1.807, 2.05) is 0 Å². The largest absolute Gasteiger partial charge is 0.326 e. The van der Waals surface area contributed by atoms with Gasteiger partial charge in [0.25, 0.3) is 0 Å². The topological polar surface area (TPSA) is 92.5 Å². The van der Waals surface area contributed by atoms with Gasteiger partial charge in [0.15, 0.2) is 0 Å². The number of nitrogens with two attached hydrogens (primary N) is 1. The second-order valence-electron chi connectivity index (χ2n) is 5.07. The van der Waals surface area contributed by atoms with Crippen LogP contribution in [-0.4, -0.2) is 37.8 Å². The lowest BCUT2D eigenvalue weighted by Crippen LogP contribution is -2.32. The lowest BCUT2D eigenvalue weighted by molar-refractivity contribution is -0.114. The zero-order chi connectivity index (χ0) is 14.9. The van der Waals surface area contributed by atoms with E-state index in [9.17, 15) is 13.2 Å². The molecule has 110 valence electrons. The van der Waals surface area contributed by atoms with Gasteiger partial charge in [-0.15, -0.1) is 0 Å². The van der Waals surface area contributed by atoms with Crippen LogP contribution in [0.4, 0.5) is 5.69 Å². The second-order valence-corrected chi connectivity index (χ2v) is 6.98. The lowest BCUT2D eigenvalue weighted by atomic mass is 10.2. The predicted molar refractivity (Wildman–Crippen MR) is 76.8 cm³/mol. The van der Waals surface area contributed by atoms with Crippen molar-refractivity contribution in [1.29, 1.82) is 0 Å². The van der Waals surface area contributed by atoms with Gasteiger partial charge in [0, 0.05) is 31.7 Å². The Morgan fingerprint density at radius 3 is 2.70 bits per heavy atom. The molecule has 1 aliphatic rings. The van der Waals surface area contributed by atoms with Crippen molar-refractivity contribution in [2.75, 3.05) is 18.4 Å². The van der Waals surface area contributed by atoms with E-state index < -0.39 is 10.0 Å². The molecule has 0 aliphatic carbocycles. The molecule has 6 nitrogen and oxygen atoms in total. The third-order valence-corrected chi connectivity index (χ3v) is 5.32. The summed E-state index contributed by atoms with van der Waals surface area (Å²) in [7, 11) is -3.56. The molecule has 1 aromatic rings. The average Bonchev–Trinajstić information content (AvgIpc) is 2.78. The third kappa shape index (κ3) is 3.00. The van der Waals surface area contributed by atoms with Crippen molar-refractivity contribution >= 4 is 21.6 Å². The van der Waals surface area contributed by atoms with Gasteiger partial charge in [-0.2, -0.15) is 4.31 Å². The van der Waals surface area contributed by atoms with Crippen LogP contribution in [0.2, 0.25) is 0 Å². The number of carbonyl (C=O) groups is 1. The van der Waals surface area contributed by atoms with E-state index in [1.165, 1.54) is 17.3 Å². The van der Waals surface area contributed by atoms with Crippen molar-refractivity contribution in [3.05, 3.63) is 23.8 Å². The molecule has 2 rings (SSSR count). The van der Waals surface area contributed by atoms with Crippen LogP contribution in [0, 0.1) is 6.92 Å². The molecule has 0 aromatic heterocycles. The standard InChI is InChI=1S/C13H19N3O3S/c1-9-3-4-12(15-10(2)17)7-13(9)20(18,19)16-6-5-11(14)8-16/h3-4,7,11H,5-6,8,14H2,1-2H3,(H,15,17)/t11-/m1/s1. The van der Waals surface area contributed by atoms with E-state index >= 15 is 0 Å². The first-order chi connectivity index (χ1) is 9.30. The van der Waals surface area contributed by atoms with Crippen LogP contribution in [-0.2, 0) is 14.8 Å². The quantitative estimate of drug-likeness (QED) is 0.858. The summed E-state index contributed by atoms with van der Waals surface area (Å²) in [5.41, 5.74) is 6.90. The van der Waals surface area contributed by atoms with Crippen LogP contribution in [0.15, 0.2) is 23.1 Å². The monoisotopic (exact) mass is 297 g/mol. The van der Waals surface area contributed by atoms with Crippen LogP contribution in [0.3, 0.4) is 0 Å². The van der Waals surface area contributed by atoms with Crippen molar-refractivity contribution in [2.24, 2.45) is 5.73 Å². The number of anilines is 1. The van der Waals surface area contributed by atoms with Crippen molar-refractivity contribution in [2.45, 2.75) is 31.2 Å². The van der Waals surface area contributed by atoms with Crippen LogP contribution < -0.4 is 11.1 Å². The molecule has 1 amide bonds. The number of benzene rings is 1. The van der Waals surface area contributed by atoms with Gasteiger partial charge in [0.05, 0.1) is 4.90 Å². The molecule has 1 saturated heterocycles. The Balaban J connectivity index is 2.37. The normalized spacial score (nSPS) is 20.1. The van der Waals surface area contributed by atoms with E-state index in [2.05, 4.69) is 5.32 Å². The van der Waals surface area contributed by atoms with E-state index in [1.54, 1.807) is 19.1 Å². The number of nitrogens with zero attached hydrogens (tertiary/aromatic N) is 1. The number of sulfonamides is 1. The number of carbonyl (C=O) groups excluding carboxylic acids is 1. The maximum absolute atomic E-state index is 12.6. The molecule has 1 aliphatic heterocycles. The molecule has 3 N–H and O–H groups in total.